The van der Waals surface area contributed by atoms with E-state index in [1.54, 1.807) is 0 Å². The van der Waals surface area contributed by atoms with E-state index >= 15 is 0 Å². The fourth-order valence-corrected chi connectivity index (χ4v) is 4.43. The molecule has 2 aromatic rings. The summed E-state index contributed by atoms with van der Waals surface area (Å²) in [6, 6.07) is 22.0. The van der Waals surface area contributed by atoms with Gasteiger partial charge in [0, 0.05) is 6.42 Å². The van der Waals surface area contributed by atoms with Gasteiger partial charge in [-0.15, -0.1) is 0 Å². The van der Waals surface area contributed by atoms with Crippen LogP contribution in [0.2, 0.25) is 0 Å². The Labute approximate surface area is 196 Å². The normalized spacial score (nSPS) is 11.9. The molecule has 0 aliphatic rings. The molecular formula is C30H43NO. The summed E-state index contributed by atoms with van der Waals surface area (Å²) in [6.45, 7) is 2.28. The number of allylic oxidation sites excluding steroid dienone is 2. The summed E-state index contributed by atoms with van der Waals surface area (Å²) in [5.41, 5.74) is 11.0. The monoisotopic (exact) mass is 433 g/mol. The van der Waals surface area contributed by atoms with Crippen LogP contribution in [0.1, 0.15) is 108 Å². The molecule has 0 aliphatic carbocycles. The van der Waals surface area contributed by atoms with Gasteiger partial charge in [-0.2, -0.15) is 0 Å². The van der Waals surface area contributed by atoms with Gasteiger partial charge in [0.25, 0.3) is 0 Å². The van der Waals surface area contributed by atoms with E-state index in [1.165, 1.54) is 80.1 Å². The Balaban J connectivity index is 2.09. The molecule has 32 heavy (non-hydrogen) atoms. The second-order valence-electron chi connectivity index (χ2n) is 8.94. The number of rotatable bonds is 17. The van der Waals surface area contributed by atoms with Crippen LogP contribution in [0.15, 0.2) is 60.7 Å². The highest BCUT2D eigenvalue weighted by Gasteiger charge is 2.12. The number of benzene rings is 2. The van der Waals surface area contributed by atoms with Gasteiger partial charge in [0.05, 0.1) is 0 Å². The molecule has 0 saturated heterocycles. The SMILES string of the molecule is CCCCCCCC/C(=C(\CCCCCCCC(N)=O)c1ccccc1)c1ccccc1. The highest BCUT2D eigenvalue weighted by atomic mass is 16.1. The number of primary amides is 1. The summed E-state index contributed by atoms with van der Waals surface area (Å²) in [5.74, 6) is -0.179. The molecule has 2 nitrogen and oxygen atoms in total. The second kappa shape index (κ2) is 16.3. The number of amides is 1. The molecule has 2 heteroatoms. The van der Waals surface area contributed by atoms with Crippen LogP contribution in [-0.4, -0.2) is 5.91 Å². The maximum Gasteiger partial charge on any atom is 0.217 e. The lowest BCUT2D eigenvalue weighted by molar-refractivity contribution is -0.118. The molecular weight excluding hydrogens is 390 g/mol. The number of nitrogens with two attached hydrogens (primary N) is 1. The first-order chi connectivity index (χ1) is 15.7. The fourth-order valence-electron chi connectivity index (χ4n) is 4.43. The molecule has 0 bridgehead atoms. The lowest BCUT2D eigenvalue weighted by atomic mass is 9.87. The Hall–Kier alpha value is -2.35. The number of hydrogen-bond acceptors (Lipinski definition) is 1. The summed E-state index contributed by atoms with van der Waals surface area (Å²) < 4.78 is 0. The summed E-state index contributed by atoms with van der Waals surface area (Å²) in [4.78, 5) is 10.9. The molecule has 0 heterocycles. The third kappa shape index (κ3) is 10.3. The van der Waals surface area contributed by atoms with E-state index in [9.17, 15) is 4.79 Å². The molecule has 2 rings (SSSR count). The molecule has 0 radical (unpaired) electrons. The largest absolute Gasteiger partial charge is 0.370 e. The van der Waals surface area contributed by atoms with Crippen LogP contribution in [0.25, 0.3) is 11.1 Å². The average Bonchev–Trinajstić information content (AvgIpc) is 2.82. The van der Waals surface area contributed by atoms with Crippen molar-refractivity contribution in [2.45, 2.75) is 96.8 Å². The van der Waals surface area contributed by atoms with Crippen LogP contribution in [0.4, 0.5) is 0 Å². The zero-order valence-corrected chi connectivity index (χ0v) is 20.2. The Bertz CT molecular complexity index is 779. The minimum Gasteiger partial charge on any atom is -0.370 e. The van der Waals surface area contributed by atoms with Gasteiger partial charge in [0.1, 0.15) is 0 Å². The molecule has 0 aliphatic heterocycles. The molecule has 0 spiro atoms. The van der Waals surface area contributed by atoms with Crippen LogP contribution < -0.4 is 5.73 Å². The standard InChI is InChI=1S/C30H43NO/c1-2-3-4-5-7-16-23-28(26-19-12-10-13-20-26)29(27-21-14-11-15-22-27)24-17-8-6-9-18-25-30(31)32/h10-15,19-22H,2-9,16-18,23-25H2,1H3,(H2,31,32)/b29-28-. The van der Waals surface area contributed by atoms with Crippen LogP contribution in [0.3, 0.4) is 0 Å². The lowest BCUT2D eigenvalue weighted by Crippen LogP contribution is -2.09. The van der Waals surface area contributed by atoms with E-state index in [4.69, 9.17) is 5.73 Å². The molecule has 0 unspecified atom stereocenters. The van der Waals surface area contributed by atoms with Crippen molar-refractivity contribution in [2.24, 2.45) is 5.73 Å². The van der Waals surface area contributed by atoms with Gasteiger partial charge in [0.15, 0.2) is 0 Å². The summed E-state index contributed by atoms with van der Waals surface area (Å²) >= 11 is 0. The first-order valence-electron chi connectivity index (χ1n) is 12.8. The van der Waals surface area contributed by atoms with Crippen LogP contribution in [0, 0.1) is 0 Å². The first kappa shape index (κ1) is 25.9. The maximum absolute atomic E-state index is 10.9. The highest BCUT2D eigenvalue weighted by molar-refractivity contribution is 5.90. The van der Waals surface area contributed by atoms with E-state index in [0.29, 0.717) is 6.42 Å². The number of hydrogen-bond donors (Lipinski definition) is 1. The minimum atomic E-state index is -0.179. The molecule has 174 valence electrons. The first-order valence-corrected chi connectivity index (χ1v) is 12.8. The predicted molar refractivity (Wildman–Crippen MR) is 139 cm³/mol. The Morgan fingerprint density at radius 3 is 1.34 bits per heavy atom. The zero-order chi connectivity index (χ0) is 22.9. The molecule has 0 aromatic heterocycles. The highest BCUT2D eigenvalue weighted by Crippen LogP contribution is 2.34. The van der Waals surface area contributed by atoms with Crippen molar-refractivity contribution in [1.29, 1.82) is 0 Å². The third-order valence-electron chi connectivity index (χ3n) is 6.24. The van der Waals surface area contributed by atoms with Crippen molar-refractivity contribution < 1.29 is 4.79 Å². The maximum atomic E-state index is 10.9. The van der Waals surface area contributed by atoms with Crippen molar-refractivity contribution in [3.05, 3.63) is 71.8 Å². The van der Waals surface area contributed by atoms with E-state index < -0.39 is 0 Å². The average molecular weight is 434 g/mol. The molecule has 0 atom stereocenters. The quantitative estimate of drug-likeness (QED) is 0.197. The summed E-state index contributed by atoms with van der Waals surface area (Å²) in [5, 5.41) is 0. The van der Waals surface area contributed by atoms with Gasteiger partial charge in [-0.25, -0.2) is 0 Å². The van der Waals surface area contributed by atoms with Gasteiger partial charge >= 0.3 is 0 Å². The Kier molecular flexibility index (Phi) is 13.2. The van der Waals surface area contributed by atoms with E-state index in [0.717, 1.165) is 25.7 Å². The second-order valence-corrected chi connectivity index (χ2v) is 8.94. The van der Waals surface area contributed by atoms with Gasteiger partial charge in [0.2, 0.25) is 5.91 Å². The van der Waals surface area contributed by atoms with Crippen molar-refractivity contribution >= 4 is 17.1 Å². The van der Waals surface area contributed by atoms with E-state index in [-0.39, 0.29) is 5.91 Å². The smallest absolute Gasteiger partial charge is 0.217 e. The van der Waals surface area contributed by atoms with Gasteiger partial charge < -0.3 is 5.73 Å². The minimum absolute atomic E-state index is 0.179. The topological polar surface area (TPSA) is 43.1 Å². The summed E-state index contributed by atoms with van der Waals surface area (Å²) in [6.07, 6.45) is 16.3. The van der Waals surface area contributed by atoms with Crippen molar-refractivity contribution in [1.82, 2.24) is 0 Å². The lowest BCUT2D eigenvalue weighted by Gasteiger charge is -2.17. The fraction of sp³-hybridized carbons (Fsp3) is 0.500. The van der Waals surface area contributed by atoms with Crippen molar-refractivity contribution in [3.8, 4) is 0 Å². The number of carbonyl (C=O) groups is 1. The van der Waals surface area contributed by atoms with Crippen LogP contribution >= 0.6 is 0 Å². The molecule has 0 fully saturated rings. The van der Waals surface area contributed by atoms with Crippen molar-refractivity contribution in [3.63, 3.8) is 0 Å². The van der Waals surface area contributed by atoms with Gasteiger partial charge in [-0.3, -0.25) is 4.79 Å². The molecule has 1 amide bonds. The third-order valence-corrected chi connectivity index (χ3v) is 6.24. The van der Waals surface area contributed by atoms with Gasteiger partial charge in [-0.1, -0.05) is 119 Å². The zero-order valence-electron chi connectivity index (χ0n) is 20.2. The number of carbonyl (C=O) groups excluding carboxylic acids is 1. The Morgan fingerprint density at radius 2 is 0.938 bits per heavy atom. The van der Waals surface area contributed by atoms with Crippen LogP contribution in [0.5, 0.6) is 0 Å². The van der Waals surface area contributed by atoms with Crippen molar-refractivity contribution in [2.75, 3.05) is 0 Å². The van der Waals surface area contributed by atoms with E-state index in [2.05, 4.69) is 67.6 Å². The number of unbranched alkanes of at least 4 members (excludes halogenated alkanes) is 9. The summed E-state index contributed by atoms with van der Waals surface area (Å²) in [7, 11) is 0. The van der Waals surface area contributed by atoms with E-state index in [1.807, 2.05) is 0 Å². The molecule has 2 aromatic carbocycles. The predicted octanol–water partition coefficient (Wildman–Crippen LogP) is 8.56. The molecule has 0 saturated carbocycles. The van der Waals surface area contributed by atoms with Gasteiger partial charge in [-0.05, 0) is 54.4 Å². The Morgan fingerprint density at radius 1 is 0.562 bits per heavy atom. The van der Waals surface area contributed by atoms with Crippen LogP contribution in [-0.2, 0) is 4.79 Å². The molecule has 2 N–H and O–H groups in total.